The Bertz CT molecular complexity index is 586. The highest BCUT2D eigenvalue weighted by Crippen LogP contribution is 2.24. The van der Waals surface area contributed by atoms with Gasteiger partial charge in [-0.1, -0.05) is 44.2 Å². The molecule has 1 aromatic rings. The van der Waals surface area contributed by atoms with E-state index in [0.717, 1.165) is 19.3 Å². The number of hydrogen-bond acceptors (Lipinski definition) is 4. The molecule has 0 bridgehead atoms. The average Bonchev–Trinajstić information content (AvgIpc) is 2.46. The molecular formula is C16H23F3O3S2. The fourth-order valence-corrected chi connectivity index (χ4v) is 3.52. The van der Waals surface area contributed by atoms with Gasteiger partial charge in [0.1, 0.15) is 0 Å². The summed E-state index contributed by atoms with van der Waals surface area (Å²) in [5.41, 5.74) is 0. The molecule has 0 amide bonds. The van der Waals surface area contributed by atoms with Gasteiger partial charge >= 0.3 is 16.3 Å². The molecule has 0 fully saturated rings. The van der Waals surface area contributed by atoms with Crippen LogP contribution in [0.2, 0.25) is 0 Å². The lowest BCUT2D eigenvalue weighted by molar-refractivity contribution is -0.135. The van der Waals surface area contributed by atoms with E-state index < -0.39 is 22.7 Å². The number of para-hydroxylation sites is 1. The van der Waals surface area contributed by atoms with Crippen LogP contribution < -0.4 is 4.18 Å². The zero-order valence-electron chi connectivity index (χ0n) is 13.4. The highest BCUT2D eigenvalue weighted by molar-refractivity contribution is 7.87. The molecule has 0 aliphatic heterocycles. The molecular weight excluding hydrogens is 361 g/mol. The number of hydrogen-bond donors (Lipinski definition) is 1. The number of halogens is 3. The van der Waals surface area contributed by atoms with Crippen LogP contribution in [0.3, 0.4) is 0 Å². The summed E-state index contributed by atoms with van der Waals surface area (Å²) in [6.45, 7) is 0. The minimum Gasteiger partial charge on any atom is -0.381 e. The van der Waals surface area contributed by atoms with E-state index >= 15 is 0 Å². The smallest absolute Gasteiger partial charge is 0.381 e. The molecule has 0 atom stereocenters. The third kappa shape index (κ3) is 10.1. The second-order valence-electron chi connectivity index (χ2n) is 5.65. The Morgan fingerprint density at radius 1 is 0.917 bits per heavy atom. The third-order valence-electron chi connectivity index (χ3n) is 3.44. The maximum atomic E-state index is 12.0. The van der Waals surface area contributed by atoms with E-state index in [9.17, 15) is 21.6 Å². The molecule has 138 valence electrons. The van der Waals surface area contributed by atoms with Crippen molar-refractivity contribution in [2.75, 3.05) is 5.75 Å². The van der Waals surface area contributed by atoms with E-state index in [0.29, 0.717) is 24.2 Å². The van der Waals surface area contributed by atoms with Gasteiger partial charge in [0.15, 0.2) is 5.75 Å². The van der Waals surface area contributed by atoms with E-state index in [2.05, 4.69) is 12.6 Å². The van der Waals surface area contributed by atoms with E-state index in [1.165, 1.54) is 0 Å². The van der Waals surface area contributed by atoms with Crippen LogP contribution in [-0.2, 0) is 10.1 Å². The normalized spacial score (nSPS) is 12.3. The van der Waals surface area contributed by atoms with Gasteiger partial charge in [0.05, 0.1) is 5.75 Å². The Morgan fingerprint density at radius 2 is 1.46 bits per heavy atom. The van der Waals surface area contributed by atoms with Crippen LogP contribution in [0.15, 0.2) is 29.2 Å². The van der Waals surface area contributed by atoms with Crippen molar-refractivity contribution in [3.63, 3.8) is 0 Å². The molecule has 0 radical (unpaired) electrons. The zero-order chi connectivity index (χ0) is 18.1. The molecule has 1 rings (SSSR count). The van der Waals surface area contributed by atoms with Gasteiger partial charge in [-0.2, -0.15) is 21.6 Å². The van der Waals surface area contributed by atoms with Crippen LogP contribution >= 0.6 is 12.6 Å². The SMILES string of the molecule is O=S(=O)(CCCCCCCCCC(F)(F)F)Oc1ccccc1S. The van der Waals surface area contributed by atoms with Crippen molar-refractivity contribution in [3.8, 4) is 5.75 Å². The lowest BCUT2D eigenvalue weighted by Gasteiger charge is -2.08. The second-order valence-corrected chi connectivity index (χ2v) is 7.82. The molecule has 0 N–H and O–H groups in total. The summed E-state index contributed by atoms with van der Waals surface area (Å²) in [6.07, 6.45) is -0.525. The van der Waals surface area contributed by atoms with E-state index in [1.54, 1.807) is 24.3 Å². The van der Waals surface area contributed by atoms with Crippen LogP contribution in [0, 0.1) is 0 Å². The van der Waals surface area contributed by atoms with Gasteiger partial charge in [-0.25, -0.2) is 0 Å². The fraction of sp³-hybridized carbons (Fsp3) is 0.625. The van der Waals surface area contributed by atoms with Crippen molar-refractivity contribution < 1.29 is 25.8 Å². The Morgan fingerprint density at radius 3 is 2.04 bits per heavy atom. The van der Waals surface area contributed by atoms with Gasteiger partial charge in [-0.15, -0.1) is 12.6 Å². The molecule has 0 aliphatic carbocycles. The van der Waals surface area contributed by atoms with Gasteiger partial charge in [-0.3, -0.25) is 0 Å². The predicted molar refractivity (Wildman–Crippen MR) is 91.1 cm³/mol. The topological polar surface area (TPSA) is 43.4 Å². The maximum absolute atomic E-state index is 12.0. The quantitative estimate of drug-likeness (QED) is 0.317. The van der Waals surface area contributed by atoms with Crippen LogP contribution in [-0.4, -0.2) is 20.3 Å². The van der Waals surface area contributed by atoms with Crippen molar-refractivity contribution in [1.29, 1.82) is 0 Å². The summed E-state index contributed by atoms with van der Waals surface area (Å²) in [6, 6.07) is 6.59. The Balaban J connectivity index is 2.11. The molecule has 0 saturated heterocycles. The first-order valence-corrected chi connectivity index (χ1v) is 9.99. The van der Waals surface area contributed by atoms with Gasteiger partial charge < -0.3 is 4.18 Å². The van der Waals surface area contributed by atoms with Crippen LogP contribution in [0.4, 0.5) is 13.2 Å². The molecule has 24 heavy (non-hydrogen) atoms. The highest BCUT2D eigenvalue weighted by Gasteiger charge is 2.25. The summed E-state index contributed by atoms with van der Waals surface area (Å²) >= 11 is 4.13. The summed E-state index contributed by atoms with van der Waals surface area (Å²) in [4.78, 5) is 0.458. The molecule has 0 aromatic heterocycles. The van der Waals surface area contributed by atoms with E-state index in [4.69, 9.17) is 4.18 Å². The van der Waals surface area contributed by atoms with Crippen molar-refractivity contribution in [1.82, 2.24) is 0 Å². The van der Waals surface area contributed by atoms with Gasteiger partial charge in [0.2, 0.25) is 0 Å². The highest BCUT2D eigenvalue weighted by atomic mass is 32.2. The molecule has 1 aromatic carbocycles. The van der Waals surface area contributed by atoms with Gasteiger partial charge in [0, 0.05) is 11.3 Å². The number of thiol groups is 1. The largest absolute Gasteiger partial charge is 0.389 e. The zero-order valence-corrected chi connectivity index (χ0v) is 15.1. The van der Waals surface area contributed by atoms with Crippen molar-refractivity contribution >= 4 is 22.7 Å². The summed E-state index contributed by atoms with van der Waals surface area (Å²) < 4.78 is 64.6. The van der Waals surface area contributed by atoms with Crippen molar-refractivity contribution in [2.24, 2.45) is 0 Å². The van der Waals surface area contributed by atoms with Gasteiger partial charge in [0.25, 0.3) is 0 Å². The Hall–Kier alpha value is -0.890. The Kier molecular flexibility index (Phi) is 8.97. The number of benzene rings is 1. The fourth-order valence-electron chi connectivity index (χ4n) is 2.19. The van der Waals surface area contributed by atoms with Crippen LogP contribution in [0.1, 0.15) is 51.4 Å². The standard InChI is InChI=1S/C16H23F3O3S2/c17-16(18,19)12-8-4-2-1-3-5-9-13-24(20,21)22-14-10-6-7-11-15(14)23/h6-7,10-11,23H,1-5,8-9,12-13H2. The molecule has 0 unspecified atom stereocenters. The van der Waals surface area contributed by atoms with Crippen molar-refractivity contribution in [2.45, 2.75) is 62.4 Å². The summed E-state index contributed by atoms with van der Waals surface area (Å²) in [7, 11) is -3.65. The minimum absolute atomic E-state index is 0.0802. The van der Waals surface area contributed by atoms with Crippen molar-refractivity contribution in [3.05, 3.63) is 24.3 Å². The van der Waals surface area contributed by atoms with Crippen LogP contribution in [0.25, 0.3) is 0 Å². The molecule has 0 spiro atoms. The summed E-state index contributed by atoms with van der Waals surface area (Å²) in [5.74, 6) is 0.133. The first-order valence-electron chi connectivity index (χ1n) is 7.96. The maximum Gasteiger partial charge on any atom is 0.389 e. The molecule has 0 heterocycles. The number of alkyl halides is 3. The minimum atomic E-state index is -4.07. The van der Waals surface area contributed by atoms with Gasteiger partial charge in [-0.05, 0) is 25.0 Å². The molecule has 0 saturated carbocycles. The number of rotatable bonds is 11. The third-order valence-corrected chi connectivity index (χ3v) is 5.03. The Labute approximate surface area is 147 Å². The van der Waals surface area contributed by atoms with E-state index in [1.807, 2.05) is 0 Å². The summed E-state index contributed by atoms with van der Waals surface area (Å²) in [5, 5.41) is 0. The lowest BCUT2D eigenvalue weighted by atomic mass is 10.1. The van der Waals surface area contributed by atoms with E-state index in [-0.39, 0.29) is 17.9 Å². The van der Waals surface area contributed by atoms with Crippen LogP contribution in [0.5, 0.6) is 5.75 Å². The first kappa shape index (κ1) is 21.2. The molecule has 8 heteroatoms. The lowest BCUT2D eigenvalue weighted by Crippen LogP contribution is -2.14. The first-order chi connectivity index (χ1) is 11.2. The second kappa shape index (κ2) is 10.2. The predicted octanol–water partition coefficient (Wildman–Crippen LogP) is 5.37. The molecule has 3 nitrogen and oxygen atoms in total. The molecule has 0 aliphatic rings. The monoisotopic (exact) mass is 384 g/mol. The average molecular weight is 384 g/mol. The number of unbranched alkanes of at least 4 members (excludes halogenated alkanes) is 6.